The molecule has 0 atom stereocenters. The first-order valence-corrected chi connectivity index (χ1v) is 6.85. The molecule has 1 heteroatoms. The van der Waals surface area contributed by atoms with E-state index in [0.29, 0.717) is 17.8 Å². The lowest BCUT2D eigenvalue weighted by molar-refractivity contribution is 0.813. The van der Waals surface area contributed by atoms with E-state index in [4.69, 9.17) is 0 Å². The van der Waals surface area contributed by atoms with E-state index in [1.54, 1.807) is 0 Å². The average Bonchev–Trinajstić information content (AvgIpc) is 2.16. The molecule has 2 radical (unpaired) electrons. The van der Waals surface area contributed by atoms with Gasteiger partial charge in [-0.2, -0.15) is 0 Å². The fourth-order valence-electron chi connectivity index (χ4n) is 2.01. The lowest BCUT2D eigenvalue weighted by atomic mass is 9.89. The van der Waals surface area contributed by atoms with Crippen molar-refractivity contribution >= 4 is 20.7 Å². The highest BCUT2D eigenvalue weighted by Gasteiger charge is 2.12. The van der Waals surface area contributed by atoms with Crippen LogP contribution in [0.5, 0.6) is 0 Å². The van der Waals surface area contributed by atoms with Gasteiger partial charge in [0.25, 0.3) is 0 Å². The van der Waals surface area contributed by atoms with Gasteiger partial charge in [-0.3, -0.25) is 0 Å². The molecule has 86 valence electrons. The lowest BCUT2D eigenvalue weighted by Gasteiger charge is -2.21. The van der Waals surface area contributed by atoms with Crippen molar-refractivity contribution in [3.05, 3.63) is 28.8 Å². The zero-order valence-electron chi connectivity index (χ0n) is 11.5. The molecule has 0 aliphatic rings. The van der Waals surface area contributed by atoms with Crippen LogP contribution in [0.15, 0.2) is 12.1 Å². The smallest absolute Gasteiger partial charge is 0.132 e. The number of hydrogen-bond acceptors (Lipinski definition) is 0. The van der Waals surface area contributed by atoms with E-state index in [1.807, 2.05) is 0 Å². The topological polar surface area (TPSA) is 0 Å². The summed E-state index contributed by atoms with van der Waals surface area (Å²) in [4.78, 5) is 0. The van der Waals surface area contributed by atoms with E-state index >= 15 is 0 Å². The van der Waals surface area contributed by atoms with Crippen molar-refractivity contribution < 1.29 is 0 Å². The van der Waals surface area contributed by atoms with Gasteiger partial charge in [-0.05, 0) is 23.3 Å². The first-order valence-electron chi connectivity index (χ1n) is 6.27. The fraction of sp³-hybridized carbons (Fsp3) is 0.600. The maximum absolute atomic E-state index is 2.94. The molecule has 0 unspecified atom stereocenters. The summed E-state index contributed by atoms with van der Waals surface area (Å²) >= 11 is 2.94. The Kier molecular flexibility index (Phi) is 4.65. The standard InChI is InChI=1S/C15H23.Al/c1-10(2)13-7-14(11(3)4)9-15(8-13)12(5)6;/h7-8,10-12H,1-6H3;. The molecular formula is C15H23Al. The Balaban J connectivity index is 3.39. The zero-order valence-corrected chi connectivity index (χ0v) is 12.6. The summed E-state index contributed by atoms with van der Waals surface area (Å²) in [5.41, 5.74) is 4.44. The van der Waals surface area contributed by atoms with Gasteiger partial charge in [-0.25, -0.2) is 0 Å². The summed E-state index contributed by atoms with van der Waals surface area (Å²) in [5, 5.41) is 0. The van der Waals surface area contributed by atoms with Crippen LogP contribution in [0.1, 0.15) is 76.0 Å². The van der Waals surface area contributed by atoms with Gasteiger partial charge in [0, 0.05) is 0 Å². The Morgan fingerprint density at radius 3 is 1.38 bits per heavy atom. The van der Waals surface area contributed by atoms with Crippen molar-refractivity contribution in [3.63, 3.8) is 0 Å². The number of hydrogen-bond donors (Lipinski definition) is 0. The monoisotopic (exact) mass is 230 g/mol. The summed E-state index contributed by atoms with van der Waals surface area (Å²) in [5.74, 6) is 1.81. The molecule has 0 N–H and O–H groups in total. The van der Waals surface area contributed by atoms with Gasteiger partial charge < -0.3 is 0 Å². The molecule has 0 aromatic heterocycles. The molecule has 0 spiro atoms. The van der Waals surface area contributed by atoms with E-state index in [9.17, 15) is 0 Å². The quantitative estimate of drug-likeness (QED) is 0.692. The van der Waals surface area contributed by atoms with Crippen LogP contribution in [0.25, 0.3) is 0 Å². The zero-order chi connectivity index (χ0) is 12.5. The second kappa shape index (κ2) is 5.39. The molecule has 1 aromatic carbocycles. The number of rotatable bonds is 3. The van der Waals surface area contributed by atoms with Gasteiger partial charge >= 0.3 is 0 Å². The van der Waals surface area contributed by atoms with Crippen molar-refractivity contribution in [2.75, 3.05) is 0 Å². The van der Waals surface area contributed by atoms with Gasteiger partial charge in [0.15, 0.2) is 16.3 Å². The summed E-state index contributed by atoms with van der Waals surface area (Å²) < 4.78 is 1.41. The van der Waals surface area contributed by atoms with Crippen molar-refractivity contribution in [3.8, 4) is 0 Å². The highest BCUT2D eigenvalue weighted by atomic mass is 27.0. The summed E-state index contributed by atoms with van der Waals surface area (Å²) in [6.07, 6.45) is 0. The number of benzene rings is 1. The molecule has 16 heavy (non-hydrogen) atoms. The Morgan fingerprint density at radius 1 is 0.750 bits per heavy atom. The third kappa shape index (κ3) is 2.90. The van der Waals surface area contributed by atoms with Crippen LogP contribution in [0.3, 0.4) is 0 Å². The fourth-order valence-corrected chi connectivity index (χ4v) is 2.84. The summed E-state index contributed by atoms with van der Waals surface area (Å²) in [6.45, 7) is 13.6. The highest BCUT2D eigenvalue weighted by Crippen LogP contribution is 2.24. The highest BCUT2D eigenvalue weighted by molar-refractivity contribution is 6.34. The van der Waals surface area contributed by atoms with E-state index in [2.05, 4.69) is 70.0 Å². The van der Waals surface area contributed by atoms with Gasteiger partial charge in [0.05, 0.1) is 0 Å². The van der Waals surface area contributed by atoms with Crippen LogP contribution in [0.2, 0.25) is 0 Å². The molecule has 0 saturated carbocycles. The first kappa shape index (κ1) is 13.8. The van der Waals surface area contributed by atoms with Crippen LogP contribution in [0, 0.1) is 0 Å². The minimum atomic E-state index is 0.601. The van der Waals surface area contributed by atoms with E-state index in [1.165, 1.54) is 21.1 Å². The second-order valence-electron chi connectivity index (χ2n) is 5.58. The summed E-state index contributed by atoms with van der Waals surface area (Å²) in [7, 11) is 0. The van der Waals surface area contributed by atoms with E-state index < -0.39 is 0 Å². The van der Waals surface area contributed by atoms with Crippen molar-refractivity contribution in [1.82, 2.24) is 0 Å². The summed E-state index contributed by atoms with van der Waals surface area (Å²) in [6, 6.07) is 4.76. The van der Waals surface area contributed by atoms with Gasteiger partial charge in [-0.1, -0.05) is 64.8 Å². The van der Waals surface area contributed by atoms with Gasteiger partial charge in [0.1, 0.15) is 0 Å². The molecule has 1 rings (SSSR count). The maximum atomic E-state index is 2.94. The molecule has 0 bridgehead atoms. The molecule has 0 fully saturated rings. The molecular weight excluding hydrogens is 207 g/mol. The molecule has 0 saturated heterocycles. The Hall–Kier alpha value is -0.248. The van der Waals surface area contributed by atoms with Crippen molar-refractivity contribution in [2.24, 2.45) is 0 Å². The molecule has 0 nitrogen and oxygen atoms in total. The van der Waals surface area contributed by atoms with Crippen LogP contribution < -0.4 is 4.43 Å². The van der Waals surface area contributed by atoms with Crippen molar-refractivity contribution in [1.29, 1.82) is 0 Å². The minimum absolute atomic E-state index is 0.601. The predicted molar refractivity (Wildman–Crippen MR) is 74.1 cm³/mol. The second-order valence-corrected chi connectivity index (χ2v) is 6.15. The van der Waals surface area contributed by atoms with E-state index in [0.717, 1.165) is 0 Å². The van der Waals surface area contributed by atoms with Crippen molar-refractivity contribution in [2.45, 2.75) is 59.3 Å². The van der Waals surface area contributed by atoms with Crippen LogP contribution in [-0.4, -0.2) is 16.3 Å². The van der Waals surface area contributed by atoms with Crippen LogP contribution in [0.4, 0.5) is 0 Å². The average molecular weight is 230 g/mol. The maximum Gasteiger partial charge on any atom is 0.176 e. The predicted octanol–water partition coefficient (Wildman–Crippen LogP) is 3.85. The molecule has 0 heterocycles. The van der Waals surface area contributed by atoms with E-state index in [-0.39, 0.29) is 0 Å². The molecule has 0 amide bonds. The largest absolute Gasteiger partial charge is 0.176 e. The normalized spacial score (nSPS) is 11.8. The molecule has 0 aliphatic carbocycles. The Morgan fingerprint density at radius 2 is 1.12 bits per heavy atom. The molecule has 1 aromatic rings. The lowest BCUT2D eigenvalue weighted by Crippen LogP contribution is -2.19. The SMILES string of the molecule is CC(C)c1cc(C(C)C)[c]([Al])c(C(C)C)c1. The minimum Gasteiger partial charge on any atom is -0.132 e. The van der Waals surface area contributed by atoms with Gasteiger partial charge in [-0.15, -0.1) is 4.43 Å². The third-order valence-electron chi connectivity index (χ3n) is 3.18. The third-order valence-corrected chi connectivity index (χ3v) is 3.84. The Labute approximate surface area is 109 Å². The van der Waals surface area contributed by atoms with Crippen LogP contribution in [-0.2, 0) is 0 Å². The van der Waals surface area contributed by atoms with Crippen LogP contribution >= 0.6 is 0 Å². The first-order chi connectivity index (χ1) is 7.34. The Bertz CT molecular complexity index is 333. The molecule has 0 aliphatic heterocycles. The van der Waals surface area contributed by atoms with Gasteiger partial charge in [0.2, 0.25) is 0 Å².